The number of ether oxygens (including phenoxy) is 1. The van der Waals surface area contributed by atoms with Gasteiger partial charge in [-0.2, -0.15) is 13.2 Å². The second kappa shape index (κ2) is 6.33. The van der Waals surface area contributed by atoms with E-state index in [0.29, 0.717) is 31.3 Å². The van der Waals surface area contributed by atoms with E-state index < -0.39 is 29.7 Å². The summed E-state index contributed by atoms with van der Waals surface area (Å²) >= 11 is 0. The number of amides is 1. The Kier molecular flexibility index (Phi) is 4.52. The zero-order valence-electron chi connectivity index (χ0n) is 13.1. The van der Waals surface area contributed by atoms with Crippen molar-refractivity contribution >= 4 is 5.91 Å². The molecule has 2 heterocycles. The summed E-state index contributed by atoms with van der Waals surface area (Å²) in [5, 5.41) is 3.05. The van der Waals surface area contributed by atoms with Crippen LogP contribution in [0.5, 0.6) is 0 Å². The van der Waals surface area contributed by atoms with Gasteiger partial charge in [-0.3, -0.25) is 4.79 Å². The lowest BCUT2D eigenvalue weighted by Crippen LogP contribution is -2.51. The van der Waals surface area contributed by atoms with Crippen LogP contribution in [-0.4, -0.2) is 43.2 Å². The van der Waals surface area contributed by atoms with Crippen LogP contribution in [0.25, 0.3) is 0 Å². The molecule has 1 aromatic rings. The molecule has 8 heteroatoms. The van der Waals surface area contributed by atoms with Crippen molar-refractivity contribution in [3.05, 3.63) is 34.6 Å². The predicted molar refractivity (Wildman–Crippen MR) is 77.8 cm³/mol. The molecule has 2 atom stereocenters. The monoisotopic (exact) mass is 346 g/mol. The maximum atomic E-state index is 14.3. The summed E-state index contributed by atoms with van der Waals surface area (Å²) in [6.45, 7) is 3.33. The Balaban J connectivity index is 1.87. The minimum atomic E-state index is -4.59. The van der Waals surface area contributed by atoms with Crippen molar-refractivity contribution in [1.29, 1.82) is 0 Å². The number of halogens is 4. The normalized spacial score (nSPS) is 24.6. The van der Waals surface area contributed by atoms with Crippen LogP contribution in [0.15, 0.2) is 12.1 Å². The van der Waals surface area contributed by atoms with Gasteiger partial charge in [-0.05, 0) is 31.0 Å². The Morgan fingerprint density at radius 1 is 1.38 bits per heavy atom. The number of morpholine rings is 1. The first-order valence-corrected chi connectivity index (χ1v) is 7.81. The molecule has 2 aliphatic rings. The van der Waals surface area contributed by atoms with E-state index in [-0.39, 0.29) is 24.4 Å². The number of nitrogens with one attached hydrogen (secondary N) is 1. The number of carbonyl (C=O) groups excluding carboxylic acids is 1. The fraction of sp³-hybridized carbons (Fsp3) is 0.562. The lowest BCUT2D eigenvalue weighted by Gasteiger charge is -2.38. The molecule has 1 aromatic carbocycles. The lowest BCUT2D eigenvalue weighted by atomic mass is 9.90. The summed E-state index contributed by atoms with van der Waals surface area (Å²) in [5.41, 5.74) is -0.529. The van der Waals surface area contributed by atoms with E-state index in [1.54, 1.807) is 6.92 Å². The van der Waals surface area contributed by atoms with Gasteiger partial charge < -0.3 is 15.0 Å². The Morgan fingerprint density at radius 2 is 2.12 bits per heavy atom. The topological polar surface area (TPSA) is 41.6 Å². The van der Waals surface area contributed by atoms with Gasteiger partial charge in [0.15, 0.2) is 0 Å². The van der Waals surface area contributed by atoms with Gasteiger partial charge in [0.1, 0.15) is 11.9 Å². The molecule has 0 bridgehead atoms. The number of fused-ring (bicyclic) bond motifs is 1. The van der Waals surface area contributed by atoms with E-state index >= 15 is 0 Å². The van der Waals surface area contributed by atoms with Crippen LogP contribution < -0.4 is 5.32 Å². The summed E-state index contributed by atoms with van der Waals surface area (Å²) in [7, 11) is 0. The molecule has 3 rings (SSSR count). The number of nitrogens with zero attached hydrogens (tertiary/aromatic N) is 1. The summed E-state index contributed by atoms with van der Waals surface area (Å²) in [5.74, 6) is -1.19. The summed E-state index contributed by atoms with van der Waals surface area (Å²) < 4.78 is 58.2. The lowest BCUT2D eigenvalue weighted by molar-refractivity contribution is -0.148. The number of hydrogen-bond donors (Lipinski definition) is 1. The molecule has 4 nitrogen and oxygen atoms in total. The average Bonchev–Trinajstić information content (AvgIpc) is 2.54. The highest BCUT2D eigenvalue weighted by molar-refractivity contribution is 5.82. The van der Waals surface area contributed by atoms with Crippen molar-refractivity contribution in [2.45, 2.75) is 31.7 Å². The molecule has 1 fully saturated rings. The van der Waals surface area contributed by atoms with Crippen molar-refractivity contribution < 1.29 is 27.1 Å². The fourth-order valence-electron chi connectivity index (χ4n) is 3.31. The Labute approximate surface area is 136 Å². The first-order chi connectivity index (χ1) is 11.3. The second-order valence-electron chi connectivity index (χ2n) is 6.05. The molecule has 0 spiro atoms. The van der Waals surface area contributed by atoms with E-state index in [2.05, 4.69) is 5.32 Å². The molecular formula is C16H18F4N2O2. The van der Waals surface area contributed by atoms with Crippen LogP contribution in [0.1, 0.15) is 29.7 Å². The number of hydrogen-bond acceptors (Lipinski definition) is 3. The Bertz CT molecular complexity index is 642. The smallest absolute Gasteiger partial charge is 0.366 e. The molecule has 0 radical (unpaired) electrons. The van der Waals surface area contributed by atoms with Crippen molar-refractivity contribution in [3.8, 4) is 0 Å². The second-order valence-corrected chi connectivity index (χ2v) is 6.05. The Hall–Kier alpha value is -1.67. The van der Waals surface area contributed by atoms with Crippen molar-refractivity contribution in [1.82, 2.24) is 10.2 Å². The van der Waals surface area contributed by atoms with E-state index in [1.165, 1.54) is 4.90 Å². The number of rotatable bonds is 1. The standard InChI is InChI=1S/C16H18F4N2O2/c1-9-14-10(6-11(7-12(14)17)16(18,19)20)2-4-22(9)15(23)13-8-21-3-5-24-13/h6-7,9,13,21H,2-5,8H2,1H3/t9?,13-/m1/s1. The molecule has 0 aromatic heterocycles. The highest BCUT2D eigenvalue weighted by atomic mass is 19.4. The van der Waals surface area contributed by atoms with Gasteiger partial charge in [-0.25, -0.2) is 4.39 Å². The van der Waals surface area contributed by atoms with E-state index in [1.807, 2.05) is 0 Å². The van der Waals surface area contributed by atoms with E-state index in [9.17, 15) is 22.4 Å². The highest BCUT2D eigenvalue weighted by Gasteiger charge is 2.37. The molecule has 132 valence electrons. The SMILES string of the molecule is CC1c2c(F)cc(C(F)(F)F)cc2CCN1C(=O)[C@H]1CNCCO1. The zero-order chi connectivity index (χ0) is 17.5. The van der Waals surface area contributed by atoms with Crippen molar-refractivity contribution in [2.24, 2.45) is 0 Å². The molecule has 1 saturated heterocycles. The van der Waals surface area contributed by atoms with Crippen LogP contribution in [0.2, 0.25) is 0 Å². The van der Waals surface area contributed by atoms with Crippen LogP contribution in [0.3, 0.4) is 0 Å². The van der Waals surface area contributed by atoms with Gasteiger partial charge in [0.25, 0.3) is 5.91 Å². The first-order valence-electron chi connectivity index (χ1n) is 7.81. The van der Waals surface area contributed by atoms with Crippen LogP contribution >= 0.6 is 0 Å². The number of alkyl halides is 3. The van der Waals surface area contributed by atoms with E-state index in [0.717, 1.165) is 6.07 Å². The van der Waals surface area contributed by atoms with Gasteiger partial charge in [0, 0.05) is 25.2 Å². The molecule has 0 saturated carbocycles. The summed E-state index contributed by atoms with van der Waals surface area (Å²) in [6.07, 6.45) is -5.04. The van der Waals surface area contributed by atoms with E-state index in [4.69, 9.17) is 4.74 Å². The largest absolute Gasteiger partial charge is 0.416 e. The molecule has 2 aliphatic heterocycles. The zero-order valence-corrected chi connectivity index (χ0v) is 13.1. The quantitative estimate of drug-likeness (QED) is 0.794. The maximum absolute atomic E-state index is 14.3. The molecule has 1 amide bonds. The number of benzene rings is 1. The molecule has 24 heavy (non-hydrogen) atoms. The molecule has 1 unspecified atom stereocenters. The minimum Gasteiger partial charge on any atom is -0.366 e. The van der Waals surface area contributed by atoms with Crippen molar-refractivity contribution in [2.75, 3.05) is 26.2 Å². The molecule has 1 N–H and O–H groups in total. The maximum Gasteiger partial charge on any atom is 0.416 e. The Morgan fingerprint density at radius 3 is 2.75 bits per heavy atom. The number of carbonyl (C=O) groups is 1. The summed E-state index contributed by atoms with van der Waals surface area (Å²) in [4.78, 5) is 14.1. The van der Waals surface area contributed by atoms with Crippen LogP contribution in [0, 0.1) is 5.82 Å². The third-order valence-corrected chi connectivity index (χ3v) is 4.54. The average molecular weight is 346 g/mol. The summed E-state index contributed by atoms with van der Waals surface area (Å²) in [6, 6.07) is 0.853. The van der Waals surface area contributed by atoms with Gasteiger partial charge >= 0.3 is 6.18 Å². The predicted octanol–water partition coefficient (Wildman–Crippen LogP) is 2.28. The molecular weight excluding hydrogens is 328 g/mol. The van der Waals surface area contributed by atoms with Gasteiger partial charge in [-0.15, -0.1) is 0 Å². The van der Waals surface area contributed by atoms with Gasteiger partial charge in [-0.1, -0.05) is 0 Å². The first kappa shape index (κ1) is 17.2. The van der Waals surface area contributed by atoms with Gasteiger partial charge in [0.2, 0.25) is 0 Å². The van der Waals surface area contributed by atoms with Crippen molar-refractivity contribution in [3.63, 3.8) is 0 Å². The third kappa shape index (κ3) is 3.12. The molecule has 0 aliphatic carbocycles. The van der Waals surface area contributed by atoms with Crippen LogP contribution in [0.4, 0.5) is 17.6 Å². The van der Waals surface area contributed by atoms with Gasteiger partial charge in [0.05, 0.1) is 18.2 Å². The third-order valence-electron chi connectivity index (χ3n) is 4.54. The highest BCUT2D eigenvalue weighted by Crippen LogP contribution is 2.37. The fourth-order valence-corrected chi connectivity index (χ4v) is 3.31. The van der Waals surface area contributed by atoms with Crippen LogP contribution in [-0.2, 0) is 22.1 Å². The minimum absolute atomic E-state index is 0.159.